The topological polar surface area (TPSA) is 145 Å². The third kappa shape index (κ3) is 7.48. The van der Waals surface area contributed by atoms with Crippen molar-refractivity contribution in [1.29, 1.82) is 0 Å². The van der Waals surface area contributed by atoms with Crippen molar-refractivity contribution in [3.63, 3.8) is 0 Å². The molecule has 1 aliphatic heterocycles. The van der Waals surface area contributed by atoms with Gasteiger partial charge in [0.05, 0.1) is 29.4 Å². The van der Waals surface area contributed by atoms with Crippen LogP contribution >= 0.6 is 0 Å². The molecule has 0 bridgehead atoms. The molecule has 0 fully saturated rings. The SMILES string of the molecule is CC(=O)/C(=C\C=C/NCc1ccc(F)c(F)c1)C(=O)N[C@@H](C(=O)Nc1ccc2c(c1)/C(=C/c1cnc[nH]1)C(=O)N2)c1ccccc1. The zero-order chi connectivity index (χ0) is 32.6. The number of halogens is 2. The largest absolute Gasteiger partial charge is 0.387 e. The quantitative estimate of drug-likeness (QED) is 0.0704. The van der Waals surface area contributed by atoms with Crippen LogP contribution in [0.3, 0.4) is 0 Å². The lowest BCUT2D eigenvalue weighted by Crippen LogP contribution is -2.38. The van der Waals surface area contributed by atoms with Crippen LogP contribution in [-0.2, 0) is 25.7 Å². The molecular formula is C34H28F2N6O4. The smallest absolute Gasteiger partial charge is 0.256 e. The summed E-state index contributed by atoms with van der Waals surface area (Å²) < 4.78 is 26.6. The molecule has 0 radical (unpaired) electrons. The van der Waals surface area contributed by atoms with E-state index in [9.17, 15) is 28.0 Å². The Bertz CT molecular complexity index is 1880. The minimum Gasteiger partial charge on any atom is -0.387 e. The third-order valence-electron chi connectivity index (χ3n) is 6.95. The number of H-pyrrole nitrogens is 1. The van der Waals surface area contributed by atoms with Crippen molar-refractivity contribution in [2.45, 2.75) is 19.5 Å². The second-order valence-corrected chi connectivity index (χ2v) is 10.2. The number of allylic oxidation sites excluding steroid dienone is 2. The van der Waals surface area contributed by atoms with Gasteiger partial charge in [0.25, 0.3) is 17.7 Å². The highest BCUT2D eigenvalue weighted by atomic mass is 19.2. The fourth-order valence-electron chi connectivity index (χ4n) is 4.67. The average Bonchev–Trinajstić information content (AvgIpc) is 3.67. The van der Waals surface area contributed by atoms with Gasteiger partial charge in [-0.1, -0.05) is 36.4 Å². The van der Waals surface area contributed by atoms with Crippen molar-refractivity contribution in [3.05, 3.63) is 137 Å². The molecule has 5 rings (SSSR count). The fourth-order valence-corrected chi connectivity index (χ4v) is 4.67. The highest BCUT2D eigenvalue weighted by molar-refractivity contribution is 6.35. The molecule has 232 valence electrons. The van der Waals surface area contributed by atoms with Gasteiger partial charge in [0, 0.05) is 23.5 Å². The van der Waals surface area contributed by atoms with Crippen LogP contribution < -0.4 is 21.3 Å². The molecule has 1 aliphatic rings. The minimum atomic E-state index is -1.18. The first-order chi connectivity index (χ1) is 22.2. The number of ketones is 1. The van der Waals surface area contributed by atoms with E-state index in [1.165, 1.54) is 37.7 Å². The van der Waals surface area contributed by atoms with Gasteiger partial charge < -0.3 is 26.3 Å². The Kier molecular flexibility index (Phi) is 9.57. The molecule has 0 spiro atoms. The number of nitrogens with one attached hydrogen (secondary N) is 5. The van der Waals surface area contributed by atoms with Crippen LogP contribution in [0.15, 0.2) is 103 Å². The first kappa shape index (κ1) is 31.3. The summed E-state index contributed by atoms with van der Waals surface area (Å²) in [5.74, 6) is -4.12. The molecule has 1 aromatic heterocycles. The normalized spacial score (nSPS) is 14.1. The van der Waals surface area contributed by atoms with E-state index < -0.39 is 35.3 Å². The summed E-state index contributed by atoms with van der Waals surface area (Å²) in [6.45, 7) is 1.40. The molecule has 0 saturated carbocycles. The molecule has 46 heavy (non-hydrogen) atoms. The lowest BCUT2D eigenvalue weighted by molar-refractivity contribution is -0.126. The molecule has 0 aliphatic carbocycles. The number of aromatic nitrogens is 2. The van der Waals surface area contributed by atoms with Gasteiger partial charge in [0.15, 0.2) is 17.4 Å². The van der Waals surface area contributed by atoms with Crippen molar-refractivity contribution >= 4 is 46.5 Å². The van der Waals surface area contributed by atoms with Crippen LogP contribution in [-0.4, -0.2) is 33.5 Å². The van der Waals surface area contributed by atoms with Gasteiger partial charge in [0.2, 0.25) is 0 Å². The second kappa shape index (κ2) is 14.1. The van der Waals surface area contributed by atoms with Gasteiger partial charge in [0.1, 0.15) is 6.04 Å². The number of nitrogens with zero attached hydrogens (tertiary/aromatic N) is 1. The van der Waals surface area contributed by atoms with E-state index in [0.717, 1.165) is 12.1 Å². The van der Waals surface area contributed by atoms with Gasteiger partial charge in [-0.25, -0.2) is 13.8 Å². The van der Waals surface area contributed by atoms with Crippen molar-refractivity contribution in [2.75, 3.05) is 10.6 Å². The first-order valence-corrected chi connectivity index (χ1v) is 14.1. The van der Waals surface area contributed by atoms with Crippen molar-refractivity contribution in [2.24, 2.45) is 0 Å². The molecule has 0 unspecified atom stereocenters. The van der Waals surface area contributed by atoms with E-state index in [0.29, 0.717) is 39.3 Å². The van der Waals surface area contributed by atoms with Crippen LogP contribution in [0.5, 0.6) is 0 Å². The Balaban J connectivity index is 1.31. The van der Waals surface area contributed by atoms with E-state index in [4.69, 9.17) is 0 Å². The summed E-state index contributed by atoms with van der Waals surface area (Å²) in [6, 6.07) is 15.8. The van der Waals surface area contributed by atoms with Gasteiger partial charge >= 0.3 is 0 Å². The number of imidazole rings is 1. The first-order valence-electron chi connectivity index (χ1n) is 14.1. The number of carbonyl (C=O) groups excluding carboxylic acids is 4. The molecule has 5 N–H and O–H groups in total. The maximum atomic E-state index is 13.6. The number of aromatic amines is 1. The van der Waals surface area contributed by atoms with E-state index >= 15 is 0 Å². The van der Waals surface area contributed by atoms with Gasteiger partial charge in [-0.15, -0.1) is 0 Å². The van der Waals surface area contributed by atoms with Crippen molar-refractivity contribution in [1.82, 2.24) is 20.6 Å². The summed E-state index contributed by atoms with van der Waals surface area (Å²) >= 11 is 0. The number of anilines is 2. The number of benzene rings is 3. The Morgan fingerprint density at radius 2 is 1.80 bits per heavy atom. The molecule has 4 aromatic rings. The number of rotatable bonds is 11. The standard InChI is InChI=1S/C34H28F2N6O4/c1-20(43)25(8-5-13-37-17-21-9-11-28(35)29(36)14-21)32(44)42-31(22-6-3-2-4-7-22)34(46)40-23-10-12-30-26(15-23)27(33(45)41-30)16-24-18-38-19-39-24/h2-16,18-19,31,37H,17H2,1H3,(H,38,39)(H,40,46)(H,41,45)(H,42,44)/b13-5-,25-8+,27-16-/t31-/m1/s1. The highest BCUT2D eigenvalue weighted by Gasteiger charge is 2.28. The number of Topliss-reactive ketones (excluding diaryl/α,β-unsaturated/α-hetero) is 1. The van der Waals surface area contributed by atoms with Crippen LogP contribution in [0.25, 0.3) is 11.6 Å². The summed E-state index contributed by atoms with van der Waals surface area (Å²) in [5.41, 5.74) is 3.28. The number of carbonyl (C=O) groups is 4. The third-order valence-corrected chi connectivity index (χ3v) is 6.95. The van der Waals surface area contributed by atoms with Gasteiger partial charge in [-0.2, -0.15) is 0 Å². The fraction of sp³-hybridized carbons (Fsp3) is 0.0882. The van der Waals surface area contributed by atoms with E-state index in [2.05, 4.69) is 31.2 Å². The number of amides is 3. The predicted molar refractivity (Wildman–Crippen MR) is 169 cm³/mol. The summed E-state index contributed by atoms with van der Waals surface area (Å²) in [4.78, 5) is 58.8. The Morgan fingerprint density at radius 3 is 2.52 bits per heavy atom. The van der Waals surface area contributed by atoms with Gasteiger partial charge in [-0.3, -0.25) is 19.2 Å². The average molecular weight is 623 g/mol. The zero-order valence-electron chi connectivity index (χ0n) is 24.4. The van der Waals surface area contributed by atoms with Crippen LogP contribution in [0.4, 0.5) is 20.2 Å². The Labute approximate surface area is 262 Å². The van der Waals surface area contributed by atoms with Crippen LogP contribution in [0.2, 0.25) is 0 Å². The maximum absolute atomic E-state index is 13.6. The molecule has 1 atom stereocenters. The molecule has 0 saturated heterocycles. The summed E-state index contributed by atoms with van der Waals surface area (Å²) in [7, 11) is 0. The molecule has 3 aromatic carbocycles. The number of hydrogen-bond donors (Lipinski definition) is 5. The number of fused-ring (bicyclic) bond motifs is 1. The monoisotopic (exact) mass is 622 g/mol. The van der Waals surface area contributed by atoms with E-state index in [1.807, 2.05) is 0 Å². The molecular weight excluding hydrogens is 594 g/mol. The summed E-state index contributed by atoms with van der Waals surface area (Å²) in [5, 5.41) is 11.1. The maximum Gasteiger partial charge on any atom is 0.256 e. The molecule has 3 amide bonds. The van der Waals surface area contributed by atoms with Gasteiger partial charge in [-0.05, 0) is 72.8 Å². The predicted octanol–water partition coefficient (Wildman–Crippen LogP) is 4.80. The van der Waals surface area contributed by atoms with Crippen LogP contribution in [0, 0.1) is 11.6 Å². The summed E-state index contributed by atoms with van der Waals surface area (Å²) in [6.07, 6.45) is 8.86. The van der Waals surface area contributed by atoms with E-state index in [-0.39, 0.29) is 18.0 Å². The van der Waals surface area contributed by atoms with Crippen LogP contribution in [0.1, 0.15) is 35.3 Å². The number of hydrogen-bond acceptors (Lipinski definition) is 6. The second-order valence-electron chi connectivity index (χ2n) is 10.2. The molecule has 12 heteroatoms. The van der Waals surface area contributed by atoms with E-state index in [1.54, 1.807) is 60.8 Å². The Morgan fingerprint density at radius 1 is 1.00 bits per heavy atom. The Hall–Kier alpha value is -6.17. The highest BCUT2D eigenvalue weighted by Crippen LogP contribution is 2.35. The molecule has 2 heterocycles. The lowest BCUT2D eigenvalue weighted by Gasteiger charge is -2.19. The minimum absolute atomic E-state index is 0.173. The molecule has 10 nitrogen and oxygen atoms in total. The van der Waals surface area contributed by atoms with Crippen molar-refractivity contribution in [3.8, 4) is 0 Å². The lowest BCUT2D eigenvalue weighted by atomic mass is 10.0. The van der Waals surface area contributed by atoms with Crippen molar-refractivity contribution < 1.29 is 28.0 Å². The zero-order valence-corrected chi connectivity index (χ0v) is 24.4.